The molecule has 1 aromatic carbocycles. The Kier molecular flexibility index (Phi) is 6.54. The van der Waals surface area contributed by atoms with Crippen molar-refractivity contribution in [2.24, 2.45) is 23.2 Å². The second-order valence-electron chi connectivity index (χ2n) is 11.8. The van der Waals surface area contributed by atoms with Crippen molar-refractivity contribution in [2.75, 3.05) is 44.2 Å². The average molecular weight is 536 g/mol. The molecule has 2 unspecified atom stereocenters. The molecule has 0 radical (unpaired) electrons. The normalized spacial score (nSPS) is 35.8. The Balaban J connectivity index is 1.04. The molecule has 3 atom stereocenters. The van der Waals surface area contributed by atoms with Gasteiger partial charge in [-0.3, -0.25) is 4.79 Å². The SMILES string of the molecule is O=C(N1CCN(c2cccc(Cl)c2Cl)CC1)N1CCC[C@H](NC(=O)C23CC4CC(C2)C(O)C(C4)C3)C1. The van der Waals surface area contributed by atoms with Gasteiger partial charge in [0.15, 0.2) is 0 Å². The minimum atomic E-state index is -0.306. The summed E-state index contributed by atoms with van der Waals surface area (Å²) in [7, 11) is 0. The number of nitrogens with zero attached hydrogens (tertiary/aromatic N) is 3. The van der Waals surface area contributed by atoms with E-state index >= 15 is 0 Å². The fraction of sp³-hybridized carbons (Fsp3) is 0.704. The fourth-order valence-corrected chi connectivity index (χ4v) is 8.37. The van der Waals surface area contributed by atoms with Gasteiger partial charge in [0.05, 0.1) is 27.3 Å². The van der Waals surface area contributed by atoms with E-state index in [1.54, 1.807) is 6.07 Å². The van der Waals surface area contributed by atoms with Crippen LogP contribution in [0.25, 0.3) is 0 Å². The summed E-state index contributed by atoms with van der Waals surface area (Å²) in [5, 5.41) is 15.0. The third-order valence-electron chi connectivity index (χ3n) is 9.55. The Morgan fingerprint density at radius 3 is 2.42 bits per heavy atom. The summed E-state index contributed by atoms with van der Waals surface area (Å²) in [5.41, 5.74) is 0.606. The van der Waals surface area contributed by atoms with Gasteiger partial charge in [-0.25, -0.2) is 4.79 Å². The number of hydrogen-bond acceptors (Lipinski definition) is 4. The third kappa shape index (κ3) is 4.35. The molecule has 9 heteroatoms. The van der Waals surface area contributed by atoms with E-state index in [-0.39, 0.29) is 41.3 Å². The number of aliphatic hydroxyl groups is 1. The number of carbonyl (C=O) groups is 2. The molecule has 4 saturated carbocycles. The van der Waals surface area contributed by atoms with Crippen LogP contribution < -0.4 is 10.2 Å². The minimum absolute atomic E-state index is 0.000292. The molecule has 7 nitrogen and oxygen atoms in total. The van der Waals surface area contributed by atoms with Crippen LogP contribution in [-0.2, 0) is 4.79 Å². The van der Waals surface area contributed by atoms with Crippen LogP contribution in [0.2, 0.25) is 10.0 Å². The Labute approximate surface area is 223 Å². The minimum Gasteiger partial charge on any atom is -0.393 e. The van der Waals surface area contributed by atoms with Crippen molar-refractivity contribution in [1.82, 2.24) is 15.1 Å². The molecule has 2 saturated heterocycles. The van der Waals surface area contributed by atoms with Gasteiger partial charge in [0.25, 0.3) is 0 Å². The number of amides is 3. The van der Waals surface area contributed by atoms with Crippen LogP contribution in [-0.4, -0.2) is 78.3 Å². The van der Waals surface area contributed by atoms with Gasteiger partial charge in [0.1, 0.15) is 0 Å². The van der Waals surface area contributed by atoms with Crippen LogP contribution in [0.1, 0.15) is 44.9 Å². The van der Waals surface area contributed by atoms with Crippen LogP contribution in [0.4, 0.5) is 10.5 Å². The molecule has 3 amide bonds. The highest BCUT2D eigenvalue weighted by Gasteiger charge is 2.58. The number of likely N-dealkylation sites (tertiary alicyclic amines) is 1. The maximum Gasteiger partial charge on any atom is 0.320 e. The molecule has 6 aliphatic rings. The van der Waals surface area contributed by atoms with E-state index in [2.05, 4.69) is 10.2 Å². The predicted octanol–water partition coefficient (Wildman–Crippen LogP) is 4.00. The van der Waals surface area contributed by atoms with E-state index < -0.39 is 0 Å². The number of piperazine rings is 1. The summed E-state index contributed by atoms with van der Waals surface area (Å²) in [6.07, 6.45) is 6.35. The van der Waals surface area contributed by atoms with Gasteiger partial charge in [-0.2, -0.15) is 0 Å². The Hall–Kier alpha value is -1.70. The number of carbonyl (C=O) groups excluding carboxylic acids is 2. The highest BCUT2D eigenvalue weighted by Crippen LogP contribution is 2.60. The van der Waals surface area contributed by atoms with E-state index in [0.29, 0.717) is 48.7 Å². The summed E-state index contributed by atoms with van der Waals surface area (Å²) in [6, 6.07) is 5.71. The lowest BCUT2D eigenvalue weighted by atomic mass is 9.48. The molecule has 4 bridgehead atoms. The second kappa shape index (κ2) is 9.55. The Morgan fingerprint density at radius 2 is 1.69 bits per heavy atom. The lowest BCUT2D eigenvalue weighted by molar-refractivity contribution is -0.163. The molecule has 2 N–H and O–H groups in total. The zero-order valence-electron chi connectivity index (χ0n) is 20.7. The zero-order valence-corrected chi connectivity index (χ0v) is 22.2. The summed E-state index contributed by atoms with van der Waals surface area (Å²) < 4.78 is 0. The van der Waals surface area contributed by atoms with Crippen molar-refractivity contribution in [1.29, 1.82) is 0 Å². The first kappa shape index (κ1) is 24.6. The number of hydrogen-bond donors (Lipinski definition) is 2. The van der Waals surface area contributed by atoms with Gasteiger partial charge in [-0.1, -0.05) is 29.3 Å². The molecule has 7 rings (SSSR count). The largest absolute Gasteiger partial charge is 0.393 e. The van der Waals surface area contributed by atoms with E-state index in [1.807, 2.05) is 21.9 Å². The van der Waals surface area contributed by atoms with Crippen LogP contribution >= 0.6 is 23.2 Å². The van der Waals surface area contributed by atoms with Crippen LogP contribution in [0.3, 0.4) is 0 Å². The average Bonchev–Trinajstić information content (AvgIpc) is 2.88. The summed E-state index contributed by atoms with van der Waals surface area (Å²) >= 11 is 12.6. The van der Waals surface area contributed by atoms with Crippen LogP contribution in [0, 0.1) is 23.2 Å². The maximum absolute atomic E-state index is 13.5. The highest BCUT2D eigenvalue weighted by molar-refractivity contribution is 6.43. The van der Waals surface area contributed by atoms with Crippen LogP contribution in [0.5, 0.6) is 0 Å². The molecule has 36 heavy (non-hydrogen) atoms. The fourth-order valence-electron chi connectivity index (χ4n) is 7.96. The van der Waals surface area contributed by atoms with Gasteiger partial charge in [-0.05, 0) is 74.8 Å². The molecule has 1 aromatic rings. The van der Waals surface area contributed by atoms with E-state index in [0.717, 1.165) is 57.2 Å². The van der Waals surface area contributed by atoms with Crippen molar-refractivity contribution in [3.63, 3.8) is 0 Å². The number of anilines is 1. The first-order valence-corrected chi connectivity index (χ1v) is 14.3. The number of rotatable bonds is 3. The van der Waals surface area contributed by atoms with Gasteiger partial charge >= 0.3 is 6.03 Å². The number of urea groups is 1. The molecule has 2 heterocycles. The zero-order chi connectivity index (χ0) is 25.0. The van der Waals surface area contributed by atoms with Crippen molar-refractivity contribution >= 4 is 40.8 Å². The molecule has 2 aliphatic heterocycles. The number of nitrogens with one attached hydrogen (secondary N) is 1. The summed E-state index contributed by atoms with van der Waals surface area (Å²) in [5.74, 6) is 1.32. The van der Waals surface area contributed by atoms with Gasteiger partial charge in [0, 0.05) is 45.3 Å². The lowest BCUT2D eigenvalue weighted by Crippen LogP contribution is -2.61. The standard InChI is InChI=1S/C27H36Cl2N4O3/c28-21-4-1-5-22(23(21)29)31-7-9-32(10-8-31)26(36)33-6-2-3-20(16-33)30-25(35)27-13-17-11-18(14-27)24(34)19(12-17)15-27/h1,4-5,17-20,24,34H,2-3,6-16H2,(H,30,35)/t17?,18?,19?,20-,24?,27?/m0/s1. The molecular weight excluding hydrogens is 499 g/mol. The smallest absolute Gasteiger partial charge is 0.320 e. The summed E-state index contributed by atoms with van der Waals surface area (Å²) in [6.45, 7) is 3.97. The maximum atomic E-state index is 13.5. The van der Waals surface area contributed by atoms with Crippen molar-refractivity contribution < 1.29 is 14.7 Å². The van der Waals surface area contributed by atoms with E-state index in [1.165, 1.54) is 0 Å². The van der Waals surface area contributed by atoms with E-state index in [9.17, 15) is 14.7 Å². The topological polar surface area (TPSA) is 76.1 Å². The number of halogens is 2. The quantitative estimate of drug-likeness (QED) is 0.614. The van der Waals surface area contributed by atoms with Gasteiger partial charge in [0.2, 0.25) is 5.91 Å². The molecule has 0 spiro atoms. The number of benzene rings is 1. The molecular formula is C27H36Cl2N4O3. The second-order valence-corrected chi connectivity index (χ2v) is 12.6. The molecule has 196 valence electrons. The number of piperidine rings is 1. The van der Waals surface area contributed by atoms with E-state index in [4.69, 9.17) is 23.2 Å². The first-order valence-electron chi connectivity index (χ1n) is 13.5. The first-order chi connectivity index (χ1) is 17.3. The predicted molar refractivity (Wildman–Crippen MR) is 140 cm³/mol. The molecule has 0 aromatic heterocycles. The van der Waals surface area contributed by atoms with Crippen molar-refractivity contribution in [2.45, 2.75) is 57.1 Å². The number of aliphatic hydroxyl groups excluding tert-OH is 1. The Bertz CT molecular complexity index is 1010. The monoisotopic (exact) mass is 534 g/mol. The third-order valence-corrected chi connectivity index (χ3v) is 10.4. The van der Waals surface area contributed by atoms with Crippen LogP contribution in [0.15, 0.2) is 18.2 Å². The molecule has 6 fully saturated rings. The van der Waals surface area contributed by atoms with Crippen molar-refractivity contribution in [3.8, 4) is 0 Å². The van der Waals surface area contributed by atoms with Gasteiger partial charge in [-0.15, -0.1) is 0 Å². The lowest BCUT2D eigenvalue weighted by Gasteiger charge is -2.58. The summed E-state index contributed by atoms with van der Waals surface area (Å²) in [4.78, 5) is 32.9. The molecule has 4 aliphatic carbocycles. The van der Waals surface area contributed by atoms with Gasteiger partial charge < -0.3 is 25.1 Å². The Morgan fingerprint density at radius 1 is 0.972 bits per heavy atom. The highest BCUT2D eigenvalue weighted by atomic mass is 35.5. The van der Waals surface area contributed by atoms with Crippen molar-refractivity contribution in [3.05, 3.63) is 28.2 Å².